The molecule has 5 nitrogen and oxygen atoms in total. The average molecular weight is 298 g/mol. The summed E-state index contributed by atoms with van der Waals surface area (Å²) in [4.78, 5) is 4.40. The van der Waals surface area contributed by atoms with Gasteiger partial charge in [-0.1, -0.05) is 0 Å². The van der Waals surface area contributed by atoms with Crippen LogP contribution in [-0.4, -0.2) is 25.1 Å². The number of rotatable bonds is 5. The van der Waals surface area contributed by atoms with E-state index >= 15 is 0 Å². The first kappa shape index (κ1) is 14.0. The van der Waals surface area contributed by atoms with E-state index in [2.05, 4.69) is 9.71 Å². The van der Waals surface area contributed by atoms with E-state index in [-0.39, 0.29) is 10.6 Å². The summed E-state index contributed by atoms with van der Waals surface area (Å²) in [7, 11) is -3.53. The molecule has 0 radical (unpaired) electrons. The summed E-state index contributed by atoms with van der Waals surface area (Å²) in [5.74, 6) is 0.0388. The molecule has 0 spiro atoms. The molecule has 1 heterocycles. The Labute approximate surface area is 116 Å². The first-order valence-electron chi connectivity index (χ1n) is 5.67. The standard InChI is InChI=1S/C12H14N2O3S2/c1-9-14-10(8-18-9)6-7-13-19(16,17)12-4-2-11(15)3-5-12/h2-5,8,13,15H,6-7H2,1H3. The lowest BCUT2D eigenvalue weighted by Crippen LogP contribution is -2.26. The monoisotopic (exact) mass is 298 g/mol. The summed E-state index contributed by atoms with van der Waals surface area (Å²) in [5.41, 5.74) is 0.885. The molecular weight excluding hydrogens is 284 g/mol. The molecule has 1 aromatic heterocycles. The molecule has 1 aromatic carbocycles. The van der Waals surface area contributed by atoms with Crippen molar-refractivity contribution in [2.75, 3.05) is 6.54 Å². The first-order valence-corrected chi connectivity index (χ1v) is 8.03. The minimum Gasteiger partial charge on any atom is -0.508 e. The number of hydrogen-bond donors (Lipinski definition) is 2. The summed E-state index contributed by atoms with van der Waals surface area (Å²) < 4.78 is 26.4. The van der Waals surface area contributed by atoms with Crippen LogP contribution in [0.5, 0.6) is 5.75 Å². The fraction of sp³-hybridized carbons (Fsp3) is 0.250. The molecule has 0 amide bonds. The molecule has 0 aliphatic heterocycles. The van der Waals surface area contributed by atoms with Crippen LogP contribution in [0.1, 0.15) is 10.7 Å². The number of sulfonamides is 1. The summed E-state index contributed by atoms with van der Waals surface area (Å²) in [6, 6.07) is 5.42. The minimum atomic E-state index is -3.53. The van der Waals surface area contributed by atoms with Crippen molar-refractivity contribution in [3.8, 4) is 5.75 Å². The quantitative estimate of drug-likeness (QED) is 0.880. The van der Waals surface area contributed by atoms with Crippen LogP contribution in [-0.2, 0) is 16.4 Å². The van der Waals surface area contributed by atoms with Gasteiger partial charge in [-0.05, 0) is 31.2 Å². The number of aromatic nitrogens is 1. The Hall–Kier alpha value is -1.44. The number of nitrogens with zero attached hydrogens (tertiary/aromatic N) is 1. The van der Waals surface area contributed by atoms with Crippen molar-refractivity contribution in [2.45, 2.75) is 18.2 Å². The predicted octanol–water partition coefficient (Wildman–Crippen LogP) is 1.68. The van der Waals surface area contributed by atoms with Gasteiger partial charge in [-0.3, -0.25) is 0 Å². The van der Waals surface area contributed by atoms with Crippen LogP contribution in [0.25, 0.3) is 0 Å². The SMILES string of the molecule is Cc1nc(CCNS(=O)(=O)c2ccc(O)cc2)cs1. The number of benzene rings is 1. The lowest BCUT2D eigenvalue weighted by molar-refractivity contribution is 0.474. The molecule has 0 fully saturated rings. The van der Waals surface area contributed by atoms with E-state index in [1.807, 2.05) is 12.3 Å². The third-order valence-electron chi connectivity index (χ3n) is 2.49. The zero-order chi connectivity index (χ0) is 13.9. The normalized spacial score (nSPS) is 11.6. The molecule has 7 heteroatoms. The topological polar surface area (TPSA) is 79.3 Å². The molecule has 0 aliphatic rings. The summed E-state index contributed by atoms with van der Waals surface area (Å²) in [6.07, 6.45) is 0.557. The highest BCUT2D eigenvalue weighted by molar-refractivity contribution is 7.89. The molecule has 0 unspecified atom stereocenters. The Morgan fingerprint density at radius 2 is 2.00 bits per heavy atom. The molecular formula is C12H14N2O3S2. The zero-order valence-electron chi connectivity index (χ0n) is 10.3. The fourth-order valence-corrected chi connectivity index (χ4v) is 3.22. The molecule has 0 saturated carbocycles. The van der Waals surface area contributed by atoms with Gasteiger partial charge in [-0.2, -0.15) is 0 Å². The molecule has 0 atom stereocenters. The van der Waals surface area contributed by atoms with Crippen molar-refractivity contribution in [1.82, 2.24) is 9.71 Å². The second kappa shape index (κ2) is 5.68. The Morgan fingerprint density at radius 1 is 1.32 bits per heavy atom. The van der Waals surface area contributed by atoms with Crippen LogP contribution in [0, 0.1) is 6.92 Å². The lowest BCUT2D eigenvalue weighted by atomic mass is 10.3. The Balaban J connectivity index is 1.96. The Kier molecular flexibility index (Phi) is 4.18. The van der Waals surface area contributed by atoms with E-state index in [1.165, 1.54) is 24.3 Å². The molecule has 2 rings (SSSR count). The van der Waals surface area contributed by atoms with Crippen LogP contribution in [0.15, 0.2) is 34.5 Å². The Morgan fingerprint density at radius 3 is 2.58 bits per heavy atom. The van der Waals surface area contributed by atoms with Crippen LogP contribution < -0.4 is 4.72 Å². The molecule has 0 bridgehead atoms. The average Bonchev–Trinajstić information content (AvgIpc) is 2.75. The number of phenolic OH excluding ortho intramolecular Hbond substituents is 1. The van der Waals surface area contributed by atoms with E-state index in [1.54, 1.807) is 11.3 Å². The minimum absolute atomic E-state index is 0.0388. The van der Waals surface area contributed by atoms with Gasteiger partial charge in [0.25, 0.3) is 0 Å². The van der Waals surface area contributed by atoms with Crippen LogP contribution in [0.4, 0.5) is 0 Å². The van der Waals surface area contributed by atoms with E-state index in [0.717, 1.165) is 10.7 Å². The number of thiazole rings is 1. The van der Waals surface area contributed by atoms with Gasteiger partial charge in [0, 0.05) is 18.3 Å². The maximum Gasteiger partial charge on any atom is 0.240 e. The van der Waals surface area contributed by atoms with E-state index in [9.17, 15) is 8.42 Å². The van der Waals surface area contributed by atoms with Gasteiger partial charge in [-0.25, -0.2) is 18.1 Å². The highest BCUT2D eigenvalue weighted by Crippen LogP contribution is 2.14. The van der Waals surface area contributed by atoms with Gasteiger partial charge in [0.05, 0.1) is 15.6 Å². The van der Waals surface area contributed by atoms with Gasteiger partial charge in [-0.15, -0.1) is 11.3 Å². The molecule has 0 aliphatic carbocycles. The third kappa shape index (κ3) is 3.76. The largest absolute Gasteiger partial charge is 0.508 e. The zero-order valence-corrected chi connectivity index (χ0v) is 12.0. The second-order valence-electron chi connectivity index (χ2n) is 4.00. The van der Waals surface area contributed by atoms with E-state index in [4.69, 9.17) is 5.11 Å². The van der Waals surface area contributed by atoms with Gasteiger partial charge >= 0.3 is 0 Å². The maximum absolute atomic E-state index is 11.9. The molecule has 2 aromatic rings. The highest BCUT2D eigenvalue weighted by Gasteiger charge is 2.13. The number of aromatic hydroxyl groups is 1. The first-order chi connectivity index (χ1) is 8.97. The van der Waals surface area contributed by atoms with Crippen molar-refractivity contribution in [3.63, 3.8) is 0 Å². The number of nitrogens with one attached hydrogen (secondary N) is 1. The number of aryl methyl sites for hydroxylation is 1. The van der Waals surface area contributed by atoms with Gasteiger partial charge in [0.1, 0.15) is 5.75 Å². The van der Waals surface area contributed by atoms with E-state index in [0.29, 0.717) is 13.0 Å². The summed E-state index contributed by atoms with van der Waals surface area (Å²) in [5, 5.41) is 12.0. The molecule has 0 saturated heterocycles. The molecule has 102 valence electrons. The van der Waals surface area contributed by atoms with Crippen molar-refractivity contribution >= 4 is 21.4 Å². The summed E-state index contributed by atoms with van der Waals surface area (Å²) >= 11 is 1.54. The number of phenols is 1. The third-order valence-corrected chi connectivity index (χ3v) is 4.79. The summed E-state index contributed by atoms with van der Waals surface area (Å²) in [6.45, 7) is 2.21. The molecule has 19 heavy (non-hydrogen) atoms. The van der Waals surface area contributed by atoms with Gasteiger partial charge in [0.2, 0.25) is 10.0 Å². The van der Waals surface area contributed by atoms with Crippen LogP contribution in [0.3, 0.4) is 0 Å². The maximum atomic E-state index is 11.9. The predicted molar refractivity (Wildman–Crippen MR) is 73.9 cm³/mol. The fourth-order valence-electron chi connectivity index (χ4n) is 1.55. The second-order valence-corrected chi connectivity index (χ2v) is 6.83. The van der Waals surface area contributed by atoms with Crippen molar-refractivity contribution in [1.29, 1.82) is 0 Å². The van der Waals surface area contributed by atoms with Crippen molar-refractivity contribution < 1.29 is 13.5 Å². The molecule has 2 N–H and O–H groups in total. The van der Waals surface area contributed by atoms with Crippen molar-refractivity contribution in [3.05, 3.63) is 40.3 Å². The highest BCUT2D eigenvalue weighted by atomic mass is 32.2. The van der Waals surface area contributed by atoms with E-state index < -0.39 is 10.0 Å². The smallest absolute Gasteiger partial charge is 0.240 e. The lowest BCUT2D eigenvalue weighted by Gasteiger charge is -2.05. The van der Waals surface area contributed by atoms with Crippen LogP contribution >= 0.6 is 11.3 Å². The Bertz CT molecular complexity index is 648. The van der Waals surface area contributed by atoms with Gasteiger partial charge < -0.3 is 5.11 Å². The van der Waals surface area contributed by atoms with Gasteiger partial charge in [0.15, 0.2) is 0 Å². The number of hydrogen-bond acceptors (Lipinski definition) is 5. The van der Waals surface area contributed by atoms with Crippen molar-refractivity contribution in [2.24, 2.45) is 0 Å². The van der Waals surface area contributed by atoms with Crippen LogP contribution in [0.2, 0.25) is 0 Å².